The van der Waals surface area contributed by atoms with Gasteiger partial charge in [-0.15, -0.1) is 0 Å². The number of anilines is 1. The summed E-state index contributed by atoms with van der Waals surface area (Å²) in [4.78, 5) is 22.6. The summed E-state index contributed by atoms with van der Waals surface area (Å²) in [6, 6.07) is 3.52. The number of nitrogen functional groups attached to an aromatic ring is 1. The van der Waals surface area contributed by atoms with Gasteiger partial charge in [0, 0.05) is 5.69 Å². The summed E-state index contributed by atoms with van der Waals surface area (Å²) in [7, 11) is 0. The average molecular weight is 255 g/mol. The van der Waals surface area contributed by atoms with Crippen LogP contribution in [-0.2, 0) is 14.3 Å². The van der Waals surface area contributed by atoms with Crippen LogP contribution in [0.1, 0.15) is 24.2 Å². The SMILES string of the molecule is CC(C)OC(=O)COC(=O)c1cc(N)ccc1F. The van der Waals surface area contributed by atoms with Gasteiger partial charge in [-0.25, -0.2) is 14.0 Å². The number of hydrogen-bond donors (Lipinski definition) is 1. The molecule has 0 saturated heterocycles. The minimum absolute atomic E-state index is 0.230. The Bertz CT molecular complexity index is 459. The van der Waals surface area contributed by atoms with Gasteiger partial charge in [0.25, 0.3) is 0 Å². The molecule has 0 aliphatic heterocycles. The standard InChI is InChI=1S/C12H14FNO4/c1-7(2)18-11(15)6-17-12(16)9-5-8(14)3-4-10(9)13/h3-5,7H,6,14H2,1-2H3. The minimum Gasteiger partial charge on any atom is -0.460 e. The van der Waals surface area contributed by atoms with E-state index in [1.165, 1.54) is 6.07 Å². The molecule has 1 rings (SSSR count). The molecule has 0 aliphatic rings. The van der Waals surface area contributed by atoms with Gasteiger partial charge in [-0.2, -0.15) is 0 Å². The molecule has 98 valence electrons. The lowest BCUT2D eigenvalue weighted by Gasteiger charge is -2.09. The van der Waals surface area contributed by atoms with Crippen LogP contribution < -0.4 is 5.73 Å². The average Bonchev–Trinajstić information content (AvgIpc) is 2.28. The zero-order valence-electron chi connectivity index (χ0n) is 10.1. The molecule has 0 aliphatic carbocycles. The van der Waals surface area contributed by atoms with E-state index >= 15 is 0 Å². The van der Waals surface area contributed by atoms with Crippen molar-refractivity contribution in [2.75, 3.05) is 12.3 Å². The number of ether oxygens (including phenoxy) is 2. The predicted octanol–water partition coefficient (Wildman–Crippen LogP) is 1.52. The lowest BCUT2D eigenvalue weighted by molar-refractivity contribution is -0.150. The Balaban J connectivity index is 2.60. The zero-order chi connectivity index (χ0) is 13.7. The van der Waals surface area contributed by atoms with Crippen molar-refractivity contribution in [2.45, 2.75) is 20.0 Å². The second kappa shape index (κ2) is 6.00. The van der Waals surface area contributed by atoms with Gasteiger partial charge < -0.3 is 15.2 Å². The smallest absolute Gasteiger partial charge is 0.344 e. The Hall–Kier alpha value is -2.11. The number of carbonyl (C=O) groups excluding carboxylic acids is 2. The molecule has 0 spiro atoms. The number of hydrogen-bond acceptors (Lipinski definition) is 5. The highest BCUT2D eigenvalue weighted by Gasteiger charge is 2.16. The Morgan fingerprint density at radius 3 is 2.67 bits per heavy atom. The maximum atomic E-state index is 13.3. The molecule has 2 N–H and O–H groups in total. The summed E-state index contributed by atoms with van der Waals surface area (Å²) in [5.41, 5.74) is 5.34. The minimum atomic E-state index is -0.958. The molecule has 0 fully saturated rings. The molecule has 0 amide bonds. The van der Waals surface area contributed by atoms with Gasteiger partial charge in [-0.05, 0) is 32.0 Å². The van der Waals surface area contributed by atoms with Crippen molar-refractivity contribution < 1.29 is 23.5 Å². The quantitative estimate of drug-likeness (QED) is 0.651. The summed E-state index contributed by atoms with van der Waals surface area (Å²) in [6.45, 7) is 2.76. The van der Waals surface area contributed by atoms with Gasteiger partial charge in [0.1, 0.15) is 5.82 Å². The fourth-order valence-corrected chi connectivity index (χ4v) is 1.20. The first kappa shape index (κ1) is 14.0. The van der Waals surface area contributed by atoms with Gasteiger partial charge in [-0.3, -0.25) is 0 Å². The molecule has 0 unspecified atom stereocenters. The summed E-state index contributed by atoms with van der Waals surface area (Å²) < 4.78 is 22.7. The van der Waals surface area contributed by atoms with Gasteiger partial charge in [0.05, 0.1) is 11.7 Å². The number of rotatable bonds is 4. The Labute approximate surface area is 104 Å². The first-order valence-corrected chi connectivity index (χ1v) is 5.31. The summed E-state index contributed by atoms with van der Waals surface area (Å²) in [5, 5.41) is 0. The maximum Gasteiger partial charge on any atom is 0.344 e. The van der Waals surface area contributed by atoms with Crippen LogP contribution in [-0.4, -0.2) is 24.6 Å². The van der Waals surface area contributed by atoms with Crippen LogP contribution in [0, 0.1) is 5.82 Å². The van der Waals surface area contributed by atoms with E-state index in [9.17, 15) is 14.0 Å². The normalized spacial score (nSPS) is 10.2. The molecule has 1 aromatic rings. The number of nitrogens with two attached hydrogens (primary N) is 1. The van der Waals surface area contributed by atoms with Crippen LogP contribution in [0.3, 0.4) is 0 Å². The Kier molecular flexibility index (Phi) is 4.65. The zero-order valence-corrected chi connectivity index (χ0v) is 10.1. The number of esters is 2. The van der Waals surface area contributed by atoms with Crippen LogP contribution in [0.4, 0.5) is 10.1 Å². The van der Waals surface area contributed by atoms with E-state index < -0.39 is 24.4 Å². The first-order chi connectivity index (χ1) is 8.40. The highest BCUT2D eigenvalue weighted by atomic mass is 19.1. The molecule has 0 aromatic heterocycles. The van der Waals surface area contributed by atoms with Gasteiger partial charge >= 0.3 is 11.9 Å². The second-order valence-electron chi connectivity index (χ2n) is 3.85. The van der Waals surface area contributed by atoms with Crippen molar-refractivity contribution in [1.29, 1.82) is 0 Å². The monoisotopic (exact) mass is 255 g/mol. The van der Waals surface area contributed by atoms with Gasteiger partial charge in [0.15, 0.2) is 6.61 Å². The lowest BCUT2D eigenvalue weighted by Crippen LogP contribution is -2.20. The van der Waals surface area contributed by atoms with Crippen LogP contribution in [0.2, 0.25) is 0 Å². The third kappa shape index (κ3) is 4.04. The van der Waals surface area contributed by atoms with Crippen molar-refractivity contribution in [1.82, 2.24) is 0 Å². The molecule has 18 heavy (non-hydrogen) atoms. The third-order valence-electron chi connectivity index (χ3n) is 1.90. The van der Waals surface area contributed by atoms with Crippen LogP contribution >= 0.6 is 0 Å². The fraction of sp³-hybridized carbons (Fsp3) is 0.333. The van der Waals surface area contributed by atoms with E-state index in [1.807, 2.05) is 0 Å². The predicted molar refractivity (Wildman–Crippen MR) is 62.3 cm³/mol. The number of carbonyl (C=O) groups is 2. The molecule has 0 bridgehead atoms. The van der Waals surface area contributed by atoms with E-state index in [4.69, 9.17) is 10.5 Å². The molecule has 5 nitrogen and oxygen atoms in total. The Morgan fingerprint density at radius 1 is 1.39 bits per heavy atom. The Morgan fingerprint density at radius 2 is 2.06 bits per heavy atom. The topological polar surface area (TPSA) is 78.6 Å². The van der Waals surface area contributed by atoms with Gasteiger partial charge in [0.2, 0.25) is 0 Å². The number of benzene rings is 1. The maximum absolute atomic E-state index is 13.3. The molecule has 1 aromatic carbocycles. The van der Waals surface area contributed by atoms with Crippen LogP contribution in [0.15, 0.2) is 18.2 Å². The van der Waals surface area contributed by atoms with Crippen molar-refractivity contribution in [2.24, 2.45) is 0 Å². The fourth-order valence-electron chi connectivity index (χ4n) is 1.20. The highest BCUT2D eigenvalue weighted by molar-refractivity contribution is 5.91. The summed E-state index contributed by atoms with van der Waals surface area (Å²) >= 11 is 0. The van der Waals surface area contributed by atoms with Gasteiger partial charge in [-0.1, -0.05) is 0 Å². The van der Waals surface area contributed by atoms with Crippen LogP contribution in [0.5, 0.6) is 0 Å². The summed E-state index contributed by atoms with van der Waals surface area (Å²) in [6.07, 6.45) is -0.305. The molecule has 6 heteroatoms. The van der Waals surface area contributed by atoms with E-state index in [-0.39, 0.29) is 17.4 Å². The number of halogens is 1. The van der Waals surface area contributed by atoms with Crippen molar-refractivity contribution >= 4 is 17.6 Å². The molecule has 0 heterocycles. The summed E-state index contributed by atoms with van der Waals surface area (Å²) in [5.74, 6) is -2.41. The molecule has 0 saturated carbocycles. The van der Waals surface area contributed by atoms with Crippen molar-refractivity contribution in [3.63, 3.8) is 0 Å². The lowest BCUT2D eigenvalue weighted by atomic mass is 10.2. The van der Waals surface area contributed by atoms with Crippen molar-refractivity contribution in [3.8, 4) is 0 Å². The largest absolute Gasteiger partial charge is 0.460 e. The van der Waals surface area contributed by atoms with E-state index in [0.717, 1.165) is 12.1 Å². The molecular weight excluding hydrogens is 241 g/mol. The van der Waals surface area contributed by atoms with Crippen molar-refractivity contribution in [3.05, 3.63) is 29.6 Å². The van der Waals surface area contributed by atoms with E-state index in [2.05, 4.69) is 4.74 Å². The second-order valence-corrected chi connectivity index (χ2v) is 3.85. The third-order valence-corrected chi connectivity index (χ3v) is 1.90. The molecular formula is C12H14FNO4. The molecule has 0 radical (unpaired) electrons. The van der Waals surface area contributed by atoms with Crippen LogP contribution in [0.25, 0.3) is 0 Å². The van der Waals surface area contributed by atoms with E-state index in [0.29, 0.717) is 0 Å². The first-order valence-electron chi connectivity index (χ1n) is 5.31. The molecule has 0 atom stereocenters. The van der Waals surface area contributed by atoms with E-state index in [1.54, 1.807) is 13.8 Å². The highest BCUT2D eigenvalue weighted by Crippen LogP contribution is 2.13.